The quantitative estimate of drug-likeness (QED) is 0.535. The smallest absolute Gasteiger partial charge is 0.264 e. The van der Waals surface area contributed by atoms with Crippen LogP contribution in [0.3, 0.4) is 0 Å². The molecule has 0 aromatic heterocycles. The number of nitrogens with one attached hydrogen (secondary N) is 1. The maximum atomic E-state index is 13.1. The molecule has 0 fully saturated rings. The normalized spacial score (nSPS) is 15.1. The number of carbonyl (C=O) groups is 2. The average molecular weight is 481 g/mol. The number of nitrogens with two attached hydrogens (primary N) is 1. The fourth-order valence-corrected chi connectivity index (χ4v) is 4.89. The SMILES string of the molecule is CN(c1ccccc1)S(=O)(=O)c1cccc(NC(=O)CN2C[C@H](C(N)=O)Oc3ccccc32)c1. The minimum Gasteiger partial charge on any atom is -0.477 e. The van der Waals surface area contributed by atoms with E-state index in [2.05, 4.69) is 5.32 Å². The number of nitrogens with zero attached hydrogens (tertiary/aromatic N) is 2. The molecular weight excluding hydrogens is 456 g/mol. The van der Waals surface area contributed by atoms with Gasteiger partial charge in [-0.15, -0.1) is 0 Å². The van der Waals surface area contributed by atoms with Crippen LogP contribution in [0.15, 0.2) is 83.8 Å². The number of ether oxygens (including phenoxy) is 1. The third-order valence-electron chi connectivity index (χ3n) is 5.41. The number of para-hydroxylation sites is 3. The molecule has 34 heavy (non-hydrogen) atoms. The number of anilines is 3. The van der Waals surface area contributed by atoms with Crippen molar-refractivity contribution in [3.8, 4) is 5.75 Å². The Morgan fingerprint density at radius 2 is 1.76 bits per heavy atom. The molecule has 1 aliphatic heterocycles. The first-order chi connectivity index (χ1) is 16.3. The lowest BCUT2D eigenvalue weighted by molar-refractivity contribution is -0.125. The number of hydrogen-bond acceptors (Lipinski definition) is 6. The molecule has 0 bridgehead atoms. The zero-order valence-electron chi connectivity index (χ0n) is 18.4. The molecule has 0 spiro atoms. The molecule has 176 valence electrons. The van der Waals surface area contributed by atoms with Gasteiger partial charge in [0.15, 0.2) is 6.10 Å². The molecule has 0 saturated heterocycles. The fraction of sp³-hybridized carbons (Fsp3) is 0.167. The lowest BCUT2D eigenvalue weighted by Gasteiger charge is -2.34. The van der Waals surface area contributed by atoms with E-state index in [9.17, 15) is 18.0 Å². The van der Waals surface area contributed by atoms with E-state index < -0.39 is 22.0 Å². The monoisotopic (exact) mass is 480 g/mol. The summed E-state index contributed by atoms with van der Waals surface area (Å²) in [6.45, 7) is 0.0428. The van der Waals surface area contributed by atoms with Crippen LogP contribution in [-0.4, -0.2) is 46.5 Å². The van der Waals surface area contributed by atoms with Gasteiger partial charge >= 0.3 is 0 Å². The van der Waals surface area contributed by atoms with Crippen LogP contribution in [0.4, 0.5) is 17.1 Å². The topological polar surface area (TPSA) is 122 Å². The van der Waals surface area contributed by atoms with E-state index in [4.69, 9.17) is 10.5 Å². The predicted octanol–water partition coefficient (Wildman–Crippen LogP) is 2.20. The highest BCUT2D eigenvalue weighted by Gasteiger charge is 2.30. The number of benzene rings is 3. The van der Waals surface area contributed by atoms with Gasteiger partial charge in [0.1, 0.15) is 5.75 Å². The lowest BCUT2D eigenvalue weighted by Crippen LogP contribution is -2.49. The molecule has 9 nitrogen and oxygen atoms in total. The van der Waals surface area contributed by atoms with Crippen LogP contribution >= 0.6 is 0 Å². The number of primary amides is 1. The minimum absolute atomic E-state index is 0.0437. The second kappa shape index (κ2) is 9.44. The van der Waals surface area contributed by atoms with Crippen LogP contribution < -0.4 is 25.0 Å². The Balaban J connectivity index is 1.50. The van der Waals surface area contributed by atoms with Crippen molar-refractivity contribution in [2.75, 3.05) is 34.7 Å². The summed E-state index contributed by atoms with van der Waals surface area (Å²) in [6.07, 6.45) is -0.885. The van der Waals surface area contributed by atoms with Gasteiger partial charge in [-0.1, -0.05) is 36.4 Å². The second-order valence-corrected chi connectivity index (χ2v) is 9.71. The third-order valence-corrected chi connectivity index (χ3v) is 7.19. The van der Waals surface area contributed by atoms with Crippen LogP contribution in [0.25, 0.3) is 0 Å². The molecule has 1 aliphatic rings. The van der Waals surface area contributed by atoms with Crippen molar-refractivity contribution in [3.05, 3.63) is 78.9 Å². The molecule has 2 amide bonds. The molecule has 4 rings (SSSR count). The second-order valence-electron chi connectivity index (χ2n) is 7.74. The summed E-state index contributed by atoms with van der Waals surface area (Å²) in [5, 5.41) is 2.73. The Morgan fingerprint density at radius 1 is 1.06 bits per heavy atom. The first kappa shape index (κ1) is 23.1. The van der Waals surface area contributed by atoms with E-state index in [0.29, 0.717) is 22.8 Å². The number of rotatable bonds is 7. The summed E-state index contributed by atoms with van der Waals surface area (Å²) in [5.41, 5.74) is 6.93. The highest BCUT2D eigenvalue weighted by atomic mass is 32.2. The molecule has 3 aromatic carbocycles. The highest BCUT2D eigenvalue weighted by molar-refractivity contribution is 7.92. The molecular formula is C24H24N4O5S. The van der Waals surface area contributed by atoms with Crippen LogP contribution in [0.5, 0.6) is 5.75 Å². The molecule has 3 N–H and O–H groups in total. The van der Waals surface area contributed by atoms with Crippen molar-refractivity contribution in [1.82, 2.24) is 0 Å². The molecule has 3 aromatic rings. The first-order valence-corrected chi connectivity index (χ1v) is 11.9. The van der Waals surface area contributed by atoms with Crippen molar-refractivity contribution < 1.29 is 22.7 Å². The summed E-state index contributed by atoms with van der Waals surface area (Å²) in [6, 6.07) is 21.8. The van der Waals surface area contributed by atoms with E-state index in [-0.39, 0.29) is 23.9 Å². The lowest BCUT2D eigenvalue weighted by atomic mass is 10.1. The zero-order valence-corrected chi connectivity index (χ0v) is 19.2. The van der Waals surface area contributed by atoms with Crippen molar-refractivity contribution in [2.24, 2.45) is 5.73 Å². The number of amides is 2. The minimum atomic E-state index is -3.83. The van der Waals surface area contributed by atoms with Crippen molar-refractivity contribution >= 4 is 38.9 Å². The van der Waals surface area contributed by atoms with Crippen molar-refractivity contribution in [2.45, 2.75) is 11.0 Å². The summed E-state index contributed by atoms with van der Waals surface area (Å²) in [5.74, 6) is -0.548. The van der Waals surface area contributed by atoms with Crippen LogP contribution in [-0.2, 0) is 19.6 Å². The fourth-order valence-electron chi connectivity index (χ4n) is 3.65. The van der Waals surface area contributed by atoms with Gasteiger partial charge < -0.3 is 20.7 Å². The van der Waals surface area contributed by atoms with Gasteiger partial charge in [0.25, 0.3) is 15.9 Å². The van der Waals surface area contributed by atoms with Crippen LogP contribution in [0.2, 0.25) is 0 Å². The van der Waals surface area contributed by atoms with Gasteiger partial charge in [-0.3, -0.25) is 13.9 Å². The number of carbonyl (C=O) groups excluding carboxylic acids is 2. The summed E-state index contributed by atoms with van der Waals surface area (Å²) >= 11 is 0. The van der Waals surface area contributed by atoms with E-state index in [1.165, 1.54) is 23.5 Å². The van der Waals surface area contributed by atoms with E-state index >= 15 is 0 Å². The summed E-state index contributed by atoms with van der Waals surface area (Å²) in [7, 11) is -2.36. The first-order valence-electron chi connectivity index (χ1n) is 10.5. The Kier molecular flexibility index (Phi) is 6.42. The maximum absolute atomic E-state index is 13.1. The Hall–Kier alpha value is -4.05. The number of sulfonamides is 1. The van der Waals surface area contributed by atoms with E-state index in [1.54, 1.807) is 71.6 Å². The van der Waals surface area contributed by atoms with Gasteiger partial charge in [0, 0.05) is 12.7 Å². The molecule has 0 aliphatic carbocycles. The van der Waals surface area contributed by atoms with Crippen LogP contribution in [0.1, 0.15) is 0 Å². The molecule has 10 heteroatoms. The molecule has 1 heterocycles. The standard InChI is InChI=1S/C24H24N4O5S/c1-27(18-9-3-2-4-10-18)34(31,32)19-11-7-8-17(14-19)26-23(29)16-28-15-22(24(25)30)33-21-13-6-5-12-20(21)28/h2-14,22H,15-16H2,1H3,(H2,25,30)(H,26,29)/t22-/m1/s1. The Bertz CT molecular complexity index is 1310. The predicted molar refractivity (Wildman–Crippen MR) is 129 cm³/mol. The molecule has 0 saturated carbocycles. The van der Waals surface area contributed by atoms with Crippen LogP contribution in [0, 0.1) is 0 Å². The zero-order chi connectivity index (χ0) is 24.3. The number of fused-ring (bicyclic) bond motifs is 1. The summed E-state index contributed by atoms with van der Waals surface area (Å²) in [4.78, 5) is 26.2. The van der Waals surface area contributed by atoms with Gasteiger partial charge in [0.05, 0.1) is 29.4 Å². The van der Waals surface area contributed by atoms with Crippen molar-refractivity contribution in [1.29, 1.82) is 0 Å². The maximum Gasteiger partial charge on any atom is 0.264 e. The molecule has 0 unspecified atom stereocenters. The van der Waals surface area contributed by atoms with Gasteiger partial charge in [-0.2, -0.15) is 0 Å². The van der Waals surface area contributed by atoms with E-state index in [0.717, 1.165) is 0 Å². The highest BCUT2D eigenvalue weighted by Crippen LogP contribution is 2.33. The van der Waals surface area contributed by atoms with Gasteiger partial charge in [-0.25, -0.2) is 8.42 Å². The van der Waals surface area contributed by atoms with E-state index in [1.807, 2.05) is 0 Å². The van der Waals surface area contributed by atoms with Gasteiger partial charge in [-0.05, 0) is 42.5 Å². The largest absolute Gasteiger partial charge is 0.477 e. The Labute approximate surface area is 197 Å². The molecule has 1 atom stereocenters. The average Bonchev–Trinajstić information content (AvgIpc) is 2.84. The number of hydrogen-bond donors (Lipinski definition) is 2. The van der Waals surface area contributed by atoms with Crippen molar-refractivity contribution in [3.63, 3.8) is 0 Å². The van der Waals surface area contributed by atoms with Gasteiger partial charge in [0.2, 0.25) is 5.91 Å². The third kappa shape index (κ3) is 4.81. The molecule has 0 radical (unpaired) electrons. The Morgan fingerprint density at radius 3 is 2.50 bits per heavy atom. The summed E-state index contributed by atoms with van der Waals surface area (Å²) < 4.78 is 32.9.